The Morgan fingerprint density at radius 3 is 2.65 bits per heavy atom. The molecule has 4 heteroatoms. The van der Waals surface area contributed by atoms with Gasteiger partial charge in [-0.25, -0.2) is 0 Å². The third kappa shape index (κ3) is 4.64. The summed E-state index contributed by atoms with van der Waals surface area (Å²) in [7, 11) is 0. The lowest BCUT2D eigenvalue weighted by Crippen LogP contribution is -2.49. The molecule has 17 heavy (non-hydrogen) atoms. The SMILES string of the molecule is CC(C)(C)C(CCN)NC(=O)C1CCCCO1. The largest absolute Gasteiger partial charge is 0.368 e. The zero-order chi connectivity index (χ0) is 12.9. The highest BCUT2D eigenvalue weighted by atomic mass is 16.5. The first-order valence-electron chi connectivity index (χ1n) is 6.57. The van der Waals surface area contributed by atoms with E-state index in [-0.39, 0.29) is 23.5 Å². The Bertz CT molecular complexity index is 242. The van der Waals surface area contributed by atoms with Crippen molar-refractivity contribution in [2.75, 3.05) is 13.2 Å². The molecular weight excluding hydrogens is 216 g/mol. The summed E-state index contributed by atoms with van der Waals surface area (Å²) in [5, 5.41) is 3.08. The Hall–Kier alpha value is -0.610. The summed E-state index contributed by atoms with van der Waals surface area (Å²) in [4.78, 5) is 12.1. The highest BCUT2D eigenvalue weighted by Crippen LogP contribution is 2.22. The van der Waals surface area contributed by atoms with Crippen LogP contribution in [-0.4, -0.2) is 31.2 Å². The number of hydrogen-bond donors (Lipinski definition) is 2. The third-order valence-electron chi connectivity index (χ3n) is 3.29. The van der Waals surface area contributed by atoms with Crippen LogP contribution in [-0.2, 0) is 9.53 Å². The molecule has 1 rings (SSSR count). The van der Waals surface area contributed by atoms with Crippen molar-refractivity contribution in [3.63, 3.8) is 0 Å². The van der Waals surface area contributed by atoms with Crippen LogP contribution in [0.2, 0.25) is 0 Å². The number of carbonyl (C=O) groups is 1. The molecule has 1 fully saturated rings. The predicted octanol–water partition coefficient (Wildman–Crippen LogP) is 1.44. The molecule has 0 aromatic heterocycles. The van der Waals surface area contributed by atoms with Gasteiger partial charge in [-0.05, 0) is 37.6 Å². The molecule has 100 valence electrons. The van der Waals surface area contributed by atoms with Crippen LogP contribution in [0.3, 0.4) is 0 Å². The molecule has 1 aliphatic heterocycles. The van der Waals surface area contributed by atoms with Gasteiger partial charge in [0, 0.05) is 12.6 Å². The fourth-order valence-corrected chi connectivity index (χ4v) is 2.10. The molecule has 1 aliphatic rings. The fourth-order valence-electron chi connectivity index (χ4n) is 2.10. The highest BCUT2D eigenvalue weighted by molar-refractivity contribution is 5.81. The van der Waals surface area contributed by atoms with E-state index >= 15 is 0 Å². The molecule has 0 saturated carbocycles. The van der Waals surface area contributed by atoms with E-state index in [4.69, 9.17) is 10.5 Å². The van der Waals surface area contributed by atoms with Crippen molar-refractivity contribution in [3.05, 3.63) is 0 Å². The molecule has 0 aliphatic carbocycles. The summed E-state index contributed by atoms with van der Waals surface area (Å²) in [6, 6.07) is 0.116. The van der Waals surface area contributed by atoms with Crippen molar-refractivity contribution in [2.24, 2.45) is 11.1 Å². The number of carbonyl (C=O) groups excluding carboxylic acids is 1. The molecule has 0 aromatic carbocycles. The Balaban J connectivity index is 2.51. The van der Waals surface area contributed by atoms with Gasteiger partial charge in [0.25, 0.3) is 0 Å². The molecule has 0 spiro atoms. The molecule has 0 bridgehead atoms. The Kier molecular flexibility index (Phi) is 5.40. The monoisotopic (exact) mass is 242 g/mol. The summed E-state index contributed by atoms with van der Waals surface area (Å²) in [6.45, 7) is 7.66. The topological polar surface area (TPSA) is 64.3 Å². The Morgan fingerprint density at radius 2 is 2.18 bits per heavy atom. The first-order valence-corrected chi connectivity index (χ1v) is 6.57. The van der Waals surface area contributed by atoms with E-state index in [0.717, 1.165) is 25.7 Å². The number of nitrogens with two attached hydrogens (primary N) is 1. The molecule has 1 saturated heterocycles. The minimum Gasteiger partial charge on any atom is -0.368 e. The smallest absolute Gasteiger partial charge is 0.249 e. The number of hydrogen-bond acceptors (Lipinski definition) is 3. The Morgan fingerprint density at radius 1 is 1.47 bits per heavy atom. The van der Waals surface area contributed by atoms with Crippen LogP contribution in [0, 0.1) is 5.41 Å². The molecular formula is C13H26N2O2. The van der Waals surface area contributed by atoms with Crippen LogP contribution in [0.5, 0.6) is 0 Å². The van der Waals surface area contributed by atoms with Crippen LogP contribution in [0.1, 0.15) is 46.5 Å². The maximum atomic E-state index is 12.1. The molecule has 4 nitrogen and oxygen atoms in total. The maximum absolute atomic E-state index is 12.1. The first kappa shape index (κ1) is 14.5. The van der Waals surface area contributed by atoms with E-state index in [1.807, 2.05) is 0 Å². The van der Waals surface area contributed by atoms with Crippen molar-refractivity contribution in [2.45, 2.75) is 58.6 Å². The predicted molar refractivity (Wildman–Crippen MR) is 68.6 cm³/mol. The van der Waals surface area contributed by atoms with E-state index in [2.05, 4.69) is 26.1 Å². The van der Waals surface area contributed by atoms with E-state index in [0.29, 0.717) is 13.2 Å². The van der Waals surface area contributed by atoms with Crippen LogP contribution >= 0.6 is 0 Å². The van der Waals surface area contributed by atoms with Crippen LogP contribution < -0.4 is 11.1 Å². The first-order chi connectivity index (χ1) is 7.95. The van der Waals surface area contributed by atoms with Gasteiger partial charge in [0.1, 0.15) is 6.10 Å². The average molecular weight is 242 g/mol. The molecule has 2 unspecified atom stereocenters. The minimum absolute atomic E-state index is 0.0260. The van der Waals surface area contributed by atoms with Crippen LogP contribution in [0.25, 0.3) is 0 Å². The van der Waals surface area contributed by atoms with Gasteiger partial charge in [0.05, 0.1) is 0 Å². The molecule has 1 heterocycles. The van der Waals surface area contributed by atoms with Gasteiger partial charge in [0.2, 0.25) is 5.91 Å². The Labute approximate surface area is 104 Å². The molecule has 3 N–H and O–H groups in total. The summed E-state index contributed by atoms with van der Waals surface area (Å²) in [5.41, 5.74) is 5.63. The van der Waals surface area contributed by atoms with E-state index in [9.17, 15) is 4.79 Å². The summed E-state index contributed by atoms with van der Waals surface area (Å²) < 4.78 is 5.49. The number of ether oxygens (including phenoxy) is 1. The van der Waals surface area contributed by atoms with Gasteiger partial charge in [-0.3, -0.25) is 4.79 Å². The molecule has 1 amide bonds. The van der Waals surface area contributed by atoms with Gasteiger partial charge in [-0.15, -0.1) is 0 Å². The number of rotatable bonds is 4. The van der Waals surface area contributed by atoms with Gasteiger partial charge >= 0.3 is 0 Å². The zero-order valence-electron chi connectivity index (χ0n) is 11.3. The van der Waals surface area contributed by atoms with Gasteiger partial charge in [0.15, 0.2) is 0 Å². The van der Waals surface area contributed by atoms with Gasteiger partial charge in [-0.1, -0.05) is 20.8 Å². The standard InChI is InChI=1S/C13H26N2O2/c1-13(2,3)11(7-8-14)15-12(16)10-6-4-5-9-17-10/h10-11H,4-9,14H2,1-3H3,(H,15,16). The lowest BCUT2D eigenvalue weighted by atomic mass is 9.84. The highest BCUT2D eigenvalue weighted by Gasteiger charge is 2.29. The second-order valence-corrected chi connectivity index (χ2v) is 5.86. The van der Waals surface area contributed by atoms with Crippen LogP contribution in [0.15, 0.2) is 0 Å². The van der Waals surface area contributed by atoms with Gasteiger partial charge in [-0.2, -0.15) is 0 Å². The fraction of sp³-hybridized carbons (Fsp3) is 0.923. The zero-order valence-corrected chi connectivity index (χ0v) is 11.3. The summed E-state index contributed by atoms with van der Waals surface area (Å²) in [6.07, 6.45) is 3.53. The quantitative estimate of drug-likeness (QED) is 0.784. The average Bonchev–Trinajstić information content (AvgIpc) is 2.28. The van der Waals surface area contributed by atoms with Crippen molar-refractivity contribution in [1.82, 2.24) is 5.32 Å². The minimum atomic E-state index is -0.258. The lowest BCUT2D eigenvalue weighted by molar-refractivity contribution is -0.137. The summed E-state index contributed by atoms with van der Waals surface area (Å²) in [5.74, 6) is 0.0260. The van der Waals surface area contributed by atoms with Crippen molar-refractivity contribution >= 4 is 5.91 Å². The van der Waals surface area contributed by atoms with E-state index in [1.54, 1.807) is 0 Å². The van der Waals surface area contributed by atoms with E-state index in [1.165, 1.54) is 0 Å². The molecule has 0 aromatic rings. The number of nitrogens with one attached hydrogen (secondary N) is 1. The lowest BCUT2D eigenvalue weighted by Gasteiger charge is -2.33. The number of amides is 1. The van der Waals surface area contributed by atoms with Crippen LogP contribution in [0.4, 0.5) is 0 Å². The van der Waals surface area contributed by atoms with Gasteiger partial charge < -0.3 is 15.8 Å². The normalized spacial score (nSPS) is 23.2. The molecule has 0 radical (unpaired) electrons. The van der Waals surface area contributed by atoms with E-state index < -0.39 is 0 Å². The third-order valence-corrected chi connectivity index (χ3v) is 3.29. The molecule has 2 atom stereocenters. The van der Waals surface area contributed by atoms with Crippen molar-refractivity contribution < 1.29 is 9.53 Å². The second kappa shape index (κ2) is 6.36. The second-order valence-electron chi connectivity index (χ2n) is 5.86. The van der Waals surface area contributed by atoms with Crippen molar-refractivity contribution in [1.29, 1.82) is 0 Å². The maximum Gasteiger partial charge on any atom is 0.249 e. The summed E-state index contributed by atoms with van der Waals surface area (Å²) >= 11 is 0. The van der Waals surface area contributed by atoms with Crippen molar-refractivity contribution in [3.8, 4) is 0 Å².